The lowest BCUT2D eigenvalue weighted by atomic mass is 9.94. The minimum Gasteiger partial charge on any atom is -0.497 e. The number of carbonyl (C=O) groups is 1. The molecule has 2 aromatic rings. The van der Waals surface area contributed by atoms with E-state index in [2.05, 4.69) is 4.74 Å². The molecule has 0 spiro atoms. The highest BCUT2D eigenvalue weighted by Crippen LogP contribution is 2.42. The molecule has 8 heteroatoms. The normalized spacial score (nSPS) is 17.4. The molecule has 0 N–H and O–H groups in total. The molecule has 1 aliphatic heterocycles. The van der Waals surface area contributed by atoms with Gasteiger partial charge in [0.2, 0.25) is 0 Å². The molecule has 2 aromatic carbocycles. The van der Waals surface area contributed by atoms with E-state index >= 15 is 0 Å². The molecule has 30 heavy (non-hydrogen) atoms. The van der Waals surface area contributed by atoms with Gasteiger partial charge in [0.25, 0.3) is 5.91 Å². The van der Waals surface area contributed by atoms with E-state index in [-0.39, 0.29) is 29.2 Å². The molecule has 0 radical (unpaired) electrons. The zero-order valence-electron chi connectivity index (χ0n) is 17.2. The Labute approximate surface area is 173 Å². The van der Waals surface area contributed by atoms with Gasteiger partial charge in [-0.15, -0.1) is 13.2 Å². The van der Waals surface area contributed by atoms with Crippen LogP contribution in [0, 0.1) is 5.41 Å². The van der Waals surface area contributed by atoms with Gasteiger partial charge >= 0.3 is 6.36 Å². The van der Waals surface area contributed by atoms with Crippen LogP contribution >= 0.6 is 0 Å². The van der Waals surface area contributed by atoms with Crippen molar-refractivity contribution < 1.29 is 32.2 Å². The van der Waals surface area contributed by atoms with Crippen molar-refractivity contribution in [2.45, 2.75) is 33.2 Å². The number of anilines is 1. The molecule has 0 saturated heterocycles. The van der Waals surface area contributed by atoms with Crippen LogP contribution in [-0.2, 0) is 9.53 Å². The molecular weight excluding hydrogens is 399 g/mol. The van der Waals surface area contributed by atoms with Crippen LogP contribution in [0.1, 0.15) is 38.0 Å². The van der Waals surface area contributed by atoms with Crippen LogP contribution in [0.4, 0.5) is 18.9 Å². The summed E-state index contributed by atoms with van der Waals surface area (Å²) in [5.74, 6) is -0.143. The van der Waals surface area contributed by atoms with Gasteiger partial charge in [0.15, 0.2) is 0 Å². The summed E-state index contributed by atoms with van der Waals surface area (Å²) in [4.78, 5) is 14.5. The Morgan fingerprint density at radius 1 is 1.10 bits per heavy atom. The first-order valence-corrected chi connectivity index (χ1v) is 9.43. The summed E-state index contributed by atoms with van der Waals surface area (Å²) in [7, 11) is 1.49. The SMILES string of the molecule is COc1ccc2c(c1)C(c1ccccc1OC(F)(F)F)OCC(=O)N2CC(C)(C)C. The number of carbonyl (C=O) groups excluding carboxylic acids is 1. The second-order valence-corrected chi connectivity index (χ2v) is 8.24. The summed E-state index contributed by atoms with van der Waals surface area (Å²) in [6, 6.07) is 10.9. The van der Waals surface area contributed by atoms with Crippen LogP contribution < -0.4 is 14.4 Å². The lowest BCUT2D eigenvalue weighted by Gasteiger charge is -2.30. The number of alkyl halides is 3. The van der Waals surface area contributed by atoms with E-state index in [0.29, 0.717) is 23.5 Å². The third kappa shape index (κ3) is 5.05. The Morgan fingerprint density at radius 3 is 2.43 bits per heavy atom. The number of para-hydroxylation sites is 1. The largest absolute Gasteiger partial charge is 0.573 e. The minimum atomic E-state index is -4.86. The Bertz CT molecular complexity index is 921. The number of hydrogen-bond acceptors (Lipinski definition) is 4. The maximum absolute atomic E-state index is 12.9. The summed E-state index contributed by atoms with van der Waals surface area (Å²) in [5, 5.41) is 0. The van der Waals surface area contributed by atoms with E-state index in [9.17, 15) is 18.0 Å². The van der Waals surface area contributed by atoms with Crippen molar-refractivity contribution in [2.75, 3.05) is 25.2 Å². The van der Waals surface area contributed by atoms with Gasteiger partial charge < -0.3 is 19.1 Å². The van der Waals surface area contributed by atoms with Gasteiger partial charge in [-0.1, -0.05) is 39.0 Å². The molecule has 1 amide bonds. The zero-order chi connectivity index (χ0) is 22.1. The highest BCUT2D eigenvalue weighted by atomic mass is 19.4. The molecule has 5 nitrogen and oxygen atoms in total. The number of benzene rings is 2. The average molecular weight is 423 g/mol. The van der Waals surface area contributed by atoms with Gasteiger partial charge in [-0.2, -0.15) is 0 Å². The molecule has 0 bridgehead atoms. The second kappa shape index (κ2) is 8.18. The smallest absolute Gasteiger partial charge is 0.497 e. The van der Waals surface area contributed by atoms with E-state index in [1.54, 1.807) is 29.2 Å². The number of amides is 1. The molecule has 162 valence electrons. The Kier molecular flexibility index (Phi) is 5.99. The summed E-state index contributed by atoms with van der Waals surface area (Å²) in [5.41, 5.74) is 1.07. The van der Waals surface area contributed by atoms with E-state index in [0.717, 1.165) is 0 Å². The van der Waals surface area contributed by atoms with Crippen LogP contribution in [0.5, 0.6) is 11.5 Å². The monoisotopic (exact) mass is 423 g/mol. The first-order chi connectivity index (χ1) is 14.0. The number of hydrogen-bond donors (Lipinski definition) is 0. The molecule has 0 aliphatic carbocycles. The van der Waals surface area contributed by atoms with Gasteiger partial charge in [-0.25, -0.2) is 0 Å². The van der Waals surface area contributed by atoms with Crippen LogP contribution in [-0.4, -0.2) is 32.5 Å². The lowest BCUT2D eigenvalue weighted by molar-refractivity contribution is -0.275. The van der Waals surface area contributed by atoms with Crippen LogP contribution in [0.15, 0.2) is 42.5 Å². The summed E-state index contributed by atoms with van der Waals surface area (Å²) in [6.45, 7) is 6.14. The van der Waals surface area contributed by atoms with Gasteiger partial charge in [0, 0.05) is 17.7 Å². The van der Waals surface area contributed by atoms with Crippen molar-refractivity contribution in [3.05, 3.63) is 53.6 Å². The first-order valence-electron chi connectivity index (χ1n) is 9.43. The number of methoxy groups -OCH3 is 1. The number of nitrogens with zero attached hydrogens (tertiary/aromatic N) is 1. The Hall–Kier alpha value is -2.74. The fourth-order valence-electron chi connectivity index (χ4n) is 3.39. The van der Waals surface area contributed by atoms with Crippen molar-refractivity contribution in [1.29, 1.82) is 0 Å². The van der Waals surface area contributed by atoms with Crippen molar-refractivity contribution in [2.24, 2.45) is 5.41 Å². The van der Waals surface area contributed by atoms with Crippen LogP contribution in [0.3, 0.4) is 0 Å². The van der Waals surface area contributed by atoms with Crippen molar-refractivity contribution in [1.82, 2.24) is 0 Å². The Morgan fingerprint density at radius 2 is 1.80 bits per heavy atom. The van der Waals surface area contributed by atoms with Crippen molar-refractivity contribution >= 4 is 11.6 Å². The quantitative estimate of drug-likeness (QED) is 0.687. The number of rotatable bonds is 4. The third-order valence-electron chi connectivity index (χ3n) is 4.54. The van der Waals surface area contributed by atoms with E-state index in [1.807, 2.05) is 20.8 Å². The number of ether oxygens (including phenoxy) is 3. The molecule has 1 atom stereocenters. The zero-order valence-corrected chi connectivity index (χ0v) is 17.2. The Balaban J connectivity index is 2.16. The van der Waals surface area contributed by atoms with Gasteiger partial charge in [-0.3, -0.25) is 4.79 Å². The topological polar surface area (TPSA) is 48.0 Å². The fraction of sp³-hybridized carbons (Fsp3) is 0.409. The second-order valence-electron chi connectivity index (χ2n) is 8.24. The number of fused-ring (bicyclic) bond motifs is 1. The van der Waals surface area contributed by atoms with E-state index in [4.69, 9.17) is 9.47 Å². The van der Waals surface area contributed by atoms with Gasteiger partial charge in [0.1, 0.15) is 24.2 Å². The first kappa shape index (κ1) is 22.0. The van der Waals surface area contributed by atoms with Gasteiger partial charge in [0.05, 0.1) is 12.8 Å². The predicted octanol–water partition coefficient (Wildman–Crippen LogP) is 5.09. The maximum atomic E-state index is 12.9. The van der Waals surface area contributed by atoms with E-state index in [1.165, 1.54) is 25.3 Å². The van der Waals surface area contributed by atoms with Gasteiger partial charge in [-0.05, 0) is 29.7 Å². The fourth-order valence-corrected chi connectivity index (χ4v) is 3.39. The summed E-state index contributed by atoms with van der Waals surface area (Å²) >= 11 is 0. The predicted molar refractivity (Wildman–Crippen MR) is 106 cm³/mol. The summed E-state index contributed by atoms with van der Waals surface area (Å²) in [6.07, 6.45) is -5.80. The molecule has 1 unspecified atom stereocenters. The number of halogens is 3. The molecule has 1 aliphatic rings. The molecule has 0 fully saturated rings. The molecule has 3 rings (SSSR count). The van der Waals surface area contributed by atoms with Crippen molar-refractivity contribution in [3.8, 4) is 11.5 Å². The molecule has 1 heterocycles. The molecular formula is C22H24F3NO4. The maximum Gasteiger partial charge on any atom is 0.573 e. The average Bonchev–Trinajstić information content (AvgIpc) is 2.77. The molecule has 0 saturated carbocycles. The third-order valence-corrected chi connectivity index (χ3v) is 4.54. The lowest BCUT2D eigenvalue weighted by Crippen LogP contribution is -2.39. The highest BCUT2D eigenvalue weighted by Gasteiger charge is 2.36. The highest BCUT2D eigenvalue weighted by molar-refractivity contribution is 5.96. The van der Waals surface area contributed by atoms with Crippen molar-refractivity contribution in [3.63, 3.8) is 0 Å². The summed E-state index contributed by atoms with van der Waals surface area (Å²) < 4.78 is 54.2. The minimum absolute atomic E-state index is 0.176. The molecule has 0 aromatic heterocycles. The van der Waals surface area contributed by atoms with Crippen LogP contribution in [0.2, 0.25) is 0 Å². The standard InChI is InChI=1S/C22H24F3NO4/c1-21(2,3)13-26-17-10-9-14(28-4)11-16(17)20(29-12-19(26)27)15-7-5-6-8-18(15)30-22(23,24)25/h5-11,20H,12-13H2,1-4H3. The van der Waals surface area contributed by atoms with Crippen LogP contribution in [0.25, 0.3) is 0 Å². The van der Waals surface area contributed by atoms with E-state index < -0.39 is 12.5 Å².